The third kappa shape index (κ3) is 2.95. The Morgan fingerprint density at radius 2 is 1.92 bits per heavy atom. The van der Waals surface area contributed by atoms with Gasteiger partial charge < -0.3 is 0 Å². The van der Waals surface area contributed by atoms with E-state index >= 15 is 0 Å². The average molecular weight is 364 g/mol. The standard InChI is InChI=1S/C20H13FN2O2S/c21-15-8-4-7-14(9-15)17(24)10-23-12-22-19-18(20(23)25)16(11-26-19)13-5-2-1-3-6-13/h1-9,11-12H,10H2. The van der Waals surface area contributed by atoms with Crippen molar-refractivity contribution in [3.05, 3.63) is 88.0 Å². The van der Waals surface area contributed by atoms with E-state index in [1.54, 1.807) is 0 Å². The van der Waals surface area contributed by atoms with Gasteiger partial charge >= 0.3 is 0 Å². The molecule has 0 saturated heterocycles. The topological polar surface area (TPSA) is 52.0 Å². The van der Waals surface area contributed by atoms with Crippen molar-refractivity contribution in [2.45, 2.75) is 6.54 Å². The third-order valence-electron chi connectivity index (χ3n) is 4.11. The number of carbonyl (C=O) groups excluding carboxylic acids is 1. The molecule has 0 aliphatic carbocycles. The van der Waals surface area contributed by atoms with Gasteiger partial charge in [-0.2, -0.15) is 0 Å². The van der Waals surface area contributed by atoms with Crippen LogP contribution in [-0.2, 0) is 6.54 Å². The van der Waals surface area contributed by atoms with E-state index in [1.165, 1.54) is 46.5 Å². The van der Waals surface area contributed by atoms with Crippen LogP contribution in [0.4, 0.5) is 4.39 Å². The van der Waals surface area contributed by atoms with E-state index < -0.39 is 5.82 Å². The first kappa shape index (κ1) is 16.4. The number of ketones is 1. The van der Waals surface area contributed by atoms with Gasteiger partial charge in [-0.1, -0.05) is 42.5 Å². The highest BCUT2D eigenvalue weighted by Gasteiger charge is 2.15. The van der Waals surface area contributed by atoms with Crippen LogP contribution in [0, 0.1) is 5.82 Å². The maximum absolute atomic E-state index is 13.3. The van der Waals surface area contributed by atoms with Gasteiger partial charge in [0.2, 0.25) is 0 Å². The molecule has 0 atom stereocenters. The molecule has 4 rings (SSSR count). The van der Waals surface area contributed by atoms with Crippen LogP contribution in [0.25, 0.3) is 21.3 Å². The zero-order valence-corrected chi connectivity index (χ0v) is 14.4. The monoisotopic (exact) mass is 364 g/mol. The Morgan fingerprint density at radius 1 is 1.12 bits per heavy atom. The van der Waals surface area contributed by atoms with Gasteiger partial charge in [-0.15, -0.1) is 11.3 Å². The molecule has 0 saturated carbocycles. The van der Waals surface area contributed by atoms with Gasteiger partial charge in [0.25, 0.3) is 5.56 Å². The Kier molecular flexibility index (Phi) is 4.18. The van der Waals surface area contributed by atoms with Crippen LogP contribution in [0.2, 0.25) is 0 Å². The van der Waals surface area contributed by atoms with E-state index in [2.05, 4.69) is 4.98 Å². The van der Waals surface area contributed by atoms with Gasteiger partial charge in [0.15, 0.2) is 5.78 Å². The predicted molar refractivity (Wildman–Crippen MR) is 100 cm³/mol. The van der Waals surface area contributed by atoms with Crippen LogP contribution in [0.15, 0.2) is 71.1 Å². The number of hydrogen-bond donors (Lipinski definition) is 0. The van der Waals surface area contributed by atoms with Crippen molar-refractivity contribution in [1.29, 1.82) is 0 Å². The third-order valence-corrected chi connectivity index (χ3v) is 4.99. The minimum absolute atomic E-state index is 0.185. The number of thiophene rings is 1. The van der Waals surface area contributed by atoms with Crippen LogP contribution < -0.4 is 5.56 Å². The molecular weight excluding hydrogens is 351 g/mol. The molecule has 26 heavy (non-hydrogen) atoms. The summed E-state index contributed by atoms with van der Waals surface area (Å²) in [5, 5.41) is 2.39. The molecule has 0 spiro atoms. The lowest BCUT2D eigenvalue weighted by Crippen LogP contribution is -2.24. The number of Topliss-reactive ketones (excluding diaryl/α,β-unsaturated/α-hetero) is 1. The lowest BCUT2D eigenvalue weighted by molar-refractivity contribution is 0.0970. The van der Waals surface area contributed by atoms with Gasteiger partial charge in [-0.25, -0.2) is 9.37 Å². The summed E-state index contributed by atoms with van der Waals surface area (Å²) in [4.78, 5) is 30.3. The summed E-state index contributed by atoms with van der Waals surface area (Å²) in [6.07, 6.45) is 1.37. The van der Waals surface area contributed by atoms with Crippen LogP contribution in [0.1, 0.15) is 10.4 Å². The normalized spacial score (nSPS) is 11.0. The Balaban J connectivity index is 1.76. The first-order valence-electron chi connectivity index (χ1n) is 7.94. The summed E-state index contributed by atoms with van der Waals surface area (Å²) in [6, 6.07) is 15.0. The molecule has 0 aliphatic rings. The number of carbonyl (C=O) groups is 1. The fraction of sp³-hybridized carbons (Fsp3) is 0.0500. The zero-order chi connectivity index (χ0) is 18.1. The van der Waals surface area contributed by atoms with Crippen LogP contribution in [0.5, 0.6) is 0 Å². The summed E-state index contributed by atoms with van der Waals surface area (Å²) in [5.41, 5.74) is 1.67. The van der Waals surface area contributed by atoms with E-state index in [-0.39, 0.29) is 23.5 Å². The van der Waals surface area contributed by atoms with E-state index in [9.17, 15) is 14.0 Å². The molecule has 4 nitrogen and oxygen atoms in total. The van der Waals surface area contributed by atoms with Crippen LogP contribution >= 0.6 is 11.3 Å². The zero-order valence-electron chi connectivity index (χ0n) is 13.6. The van der Waals surface area contributed by atoms with Gasteiger partial charge in [-0.3, -0.25) is 14.2 Å². The molecule has 4 aromatic rings. The van der Waals surface area contributed by atoms with Crippen molar-refractivity contribution in [2.75, 3.05) is 0 Å². The first-order chi connectivity index (χ1) is 12.6. The molecule has 6 heteroatoms. The highest BCUT2D eigenvalue weighted by atomic mass is 32.1. The smallest absolute Gasteiger partial charge is 0.263 e. The summed E-state index contributed by atoms with van der Waals surface area (Å²) >= 11 is 1.39. The van der Waals surface area contributed by atoms with E-state index in [0.29, 0.717) is 10.2 Å². The molecule has 0 unspecified atom stereocenters. The molecule has 0 N–H and O–H groups in total. The summed E-state index contributed by atoms with van der Waals surface area (Å²) in [6.45, 7) is -0.185. The molecule has 128 valence electrons. The lowest BCUT2D eigenvalue weighted by Gasteiger charge is -2.06. The van der Waals surface area contributed by atoms with Crippen LogP contribution in [0.3, 0.4) is 0 Å². The predicted octanol–water partition coefficient (Wildman–Crippen LogP) is 4.15. The highest BCUT2D eigenvalue weighted by molar-refractivity contribution is 7.17. The van der Waals surface area contributed by atoms with Crippen molar-refractivity contribution >= 4 is 27.3 Å². The molecule has 0 radical (unpaired) electrons. The molecule has 2 heterocycles. The number of aromatic nitrogens is 2. The number of nitrogens with zero attached hydrogens (tertiary/aromatic N) is 2. The van der Waals surface area contributed by atoms with Crippen molar-refractivity contribution < 1.29 is 9.18 Å². The van der Waals surface area contributed by atoms with Gasteiger partial charge in [0.05, 0.1) is 18.3 Å². The van der Waals surface area contributed by atoms with Gasteiger partial charge in [-0.05, 0) is 17.7 Å². The highest BCUT2D eigenvalue weighted by Crippen LogP contribution is 2.30. The first-order valence-corrected chi connectivity index (χ1v) is 8.82. The molecule has 0 fully saturated rings. The molecule has 2 aromatic carbocycles. The lowest BCUT2D eigenvalue weighted by atomic mass is 10.1. The second-order valence-electron chi connectivity index (χ2n) is 5.81. The fourth-order valence-corrected chi connectivity index (χ4v) is 3.72. The number of fused-ring (bicyclic) bond motifs is 1. The summed E-state index contributed by atoms with van der Waals surface area (Å²) in [5.74, 6) is -0.829. The maximum atomic E-state index is 13.3. The molecule has 0 aliphatic heterocycles. The van der Waals surface area contributed by atoms with Gasteiger partial charge in [0, 0.05) is 16.5 Å². The van der Waals surface area contributed by atoms with E-state index in [1.807, 2.05) is 35.7 Å². The van der Waals surface area contributed by atoms with Crippen LogP contribution in [-0.4, -0.2) is 15.3 Å². The second-order valence-corrected chi connectivity index (χ2v) is 6.66. The minimum Gasteiger partial charge on any atom is -0.292 e. The average Bonchev–Trinajstić information content (AvgIpc) is 3.09. The molecule has 0 amide bonds. The Labute approximate surface area is 152 Å². The number of benzene rings is 2. The van der Waals surface area contributed by atoms with E-state index in [0.717, 1.165) is 11.1 Å². The second kappa shape index (κ2) is 6.65. The Hall–Kier alpha value is -3.12. The molecular formula is C20H13FN2O2S. The van der Waals surface area contributed by atoms with E-state index in [4.69, 9.17) is 0 Å². The van der Waals surface area contributed by atoms with Crippen molar-refractivity contribution in [3.63, 3.8) is 0 Å². The van der Waals surface area contributed by atoms with Crippen molar-refractivity contribution in [3.8, 4) is 11.1 Å². The maximum Gasteiger partial charge on any atom is 0.263 e. The number of halogens is 1. The van der Waals surface area contributed by atoms with Gasteiger partial charge in [0.1, 0.15) is 10.6 Å². The molecule has 0 bridgehead atoms. The number of hydrogen-bond acceptors (Lipinski definition) is 4. The summed E-state index contributed by atoms with van der Waals surface area (Å²) in [7, 11) is 0. The fourth-order valence-electron chi connectivity index (χ4n) is 2.82. The summed E-state index contributed by atoms with van der Waals surface area (Å²) < 4.78 is 14.6. The Bertz CT molecular complexity index is 1170. The molecule has 2 aromatic heterocycles. The minimum atomic E-state index is -0.485. The largest absolute Gasteiger partial charge is 0.292 e. The van der Waals surface area contributed by atoms with Crippen molar-refractivity contribution in [2.24, 2.45) is 0 Å². The number of rotatable bonds is 4. The Morgan fingerprint density at radius 3 is 2.69 bits per heavy atom. The SMILES string of the molecule is O=C(Cn1cnc2scc(-c3ccccc3)c2c1=O)c1cccc(F)c1. The quantitative estimate of drug-likeness (QED) is 0.511. The van der Waals surface area contributed by atoms with Crippen molar-refractivity contribution in [1.82, 2.24) is 9.55 Å².